The Labute approximate surface area is 176 Å². The number of nitrogens with two attached hydrogens (primary N) is 1. The summed E-state index contributed by atoms with van der Waals surface area (Å²) in [4.78, 5) is 33.8. The normalized spacial score (nSPS) is 19.7. The highest BCUT2D eigenvalue weighted by atomic mass is 16.2. The Balaban J connectivity index is 1.23. The second-order valence-electron chi connectivity index (χ2n) is 8.49. The number of hydrogen-bond donors (Lipinski definition) is 1. The van der Waals surface area contributed by atoms with E-state index >= 15 is 0 Å². The van der Waals surface area contributed by atoms with E-state index in [9.17, 15) is 9.59 Å². The first-order valence-electron chi connectivity index (χ1n) is 10.7. The van der Waals surface area contributed by atoms with Crippen LogP contribution in [0.5, 0.6) is 0 Å². The lowest BCUT2D eigenvalue weighted by atomic mass is 9.76. The lowest BCUT2D eigenvalue weighted by Gasteiger charge is -2.43. The Morgan fingerprint density at radius 3 is 2.23 bits per heavy atom. The van der Waals surface area contributed by atoms with Crippen molar-refractivity contribution in [2.24, 2.45) is 10.7 Å². The molecule has 1 saturated heterocycles. The minimum Gasteiger partial charge on any atom is -0.338 e. The minimum atomic E-state index is -0.663. The maximum Gasteiger partial charge on any atom is 0.253 e. The molecule has 0 aromatic heterocycles. The van der Waals surface area contributed by atoms with Crippen LogP contribution in [0.15, 0.2) is 53.5 Å². The van der Waals surface area contributed by atoms with Gasteiger partial charge in [-0.25, -0.2) is 0 Å². The Kier molecular flexibility index (Phi) is 4.66. The summed E-state index contributed by atoms with van der Waals surface area (Å²) in [7, 11) is 0. The number of carbonyl (C=O) groups is 2. The quantitative estimate of drug-likeness (QED) is 0.855. The Bertz CT molecular complexity index is 1020. The van der Waals surface area contributed by atoms with E-state index in [0.717, 1.165) is 30.5 Å². The summed E-state index contributed by atoms with van der Waals surface area (Å²) in [5.74, 6) is 0.0522. The molecule has 6 heteroatoms. The molecule has 0 radical (unpaired) electrons. The van der Waals surface area contributed by atoms with E-state index in [1.165, 1.54) is 11.1 Å². The molecule has 1 aliphatic carbocycles. The third-order valence-electron chi connectivity index (χ3n) is 6.61. The number of hydrogen-bond acceptors (Lipinski definition) is 4. The highest BCUT2D eigenvalue weighted by Crippen LogP contribution is 2.31. The highest BCUT2D eigenvalue weighted by Gasteiger charge is 2.43. The van der Waals surface area contributed by atoms with Crippen molar-refractivity contribution in [2.45, 2.75) is 31.3 Å². The van der Waals surface area contributed by atoms with Crippen molar-refractivity contribution in [3.8, 4) is 0 Å². The van der Waals surface area contributed by atoms with Gasteiger partial charge in [0, 0.05) is 42.9 Å². The van der Waals surface area contributed by atoms with Crippen LogP contribution in [0.3, 0.4) is 0 Å². The van der Waals surface area contributed by atoms with Gasteiger partial charge in [-0.15, -0.1) is 0 Å². The van der Waals surface area contributed by atoms with Crippen molar-refractivity contribution in [3.05, 3.63) is 70.8 Å². The molecule has 1 saturated carbocycles. The van der Waals surface area contributed by atoms with Crippen molar-refractivity contribution < 1.29 is 9.59 Å². The molecule has 2 aromatic carbocycles. The zero-order valence-electron chi connectivity index (χ0n) is 17.0. The average molecular weight is 402 g/mol. The molecule has 2 amide bonds. The molecular formula is C24H26N4O2. The monoisotopic (exact) mass is 402 g/mol. The number of nitrogens with zero attached hydrogens (tertiary/aromatic N) is 3. The summed E-state index contributed by atoms with van der Waals surface area (Å²) in [6.45, 7) is 2.90. The van der Waals surface area contributed by atoms with E-state index < -0.39 is 5.54 Å². The lowest BCUT2D eigenvalue weighted by molar-refractivity contribution is -0.141. The summed E-state index contributed by atoms with van der Waals surface area (Å²) in [5, 5.41) is 0. The van der Waals surface area contributed by atoms with Crippen molar-refractivity contribution in [3.63, 3.8) is 0 Å². The zero-order chi connectivity index (χ0) is 20.7. The highest BCUT2D eigenvalue weighted by molar-refractivity contribution is 6.15. The van der Waals surface area contributed by atoms with E-state index in [1.807, 2.05) is 46.2 Å². The van der Waals surface area contributed by atoms with E-state index in [1.54, 1.807) is 0 Å². The molecule has 30 heavy (non-hydrogen) atoms. The molecule has 154 valence electrons. The smallest absolute Gasteiger partial charge is 0.253 e. The molecule has 0 unspecified atom stereocenters. The van der Waals surface area contributed by atoms with Gasteiger partial charge >= 0.3 is 0 Å². The molecule has 2 aromatic rings. The summed E-state index contributed by atoms with van der Waals surface area (Å²) < 4.78 is 0. The number of aliphatic imine (C=N–C) groups is 1. The number of amides is 2. The second kappa shape index (κ2) is 7.36. The van der Waals surface area contributed by atoms with Crippen LogP contribution in [0.1, 0.15) is 46.3 Å². The zero-order valence-corrected chi connectivity index (χ0v) is 17.0. The van der Waals surface area contributed by atoms with Crippen LogP contribution in [0.25, 0.3) is 0 Å². The number of benzene rings is 2. The molecule has 2 fully saturated rings. The number of piperazine rings is 1. The molecule has 2 heterocycles. The van der Waals surface area contributed by atoms with Crippen LogP contribution in [-0.2, 0) is 11.3 Å². The maximum atomic E-state index is 12.9. The Morgan fingerprint density at radius 2 is 1.57 bits per heavy atom. The first-order chi connectivity index (χ1) is 14.5. The van der Waals surface area contributed by atoms with Gasteiger partial charge in [0.2, 0.25) is 5.91 Å². The molecule has 0 bridgehead atoms. The molecule has 5 rings (SSSR count). The molecular weight excluding hydrogens is 376 g/mol. The number of fused-ring (bicyclic) bond motifs is 1. The predicted molar refractivity (Wildman–Crippen MR) is 115 cm³/mol. The van der Waals surface area contributed by atoms with Crippen molar-refractivity contribution in [1.82, 2.24) is 9.80 Å². The minimum absolute atomic E-state index is 0.00788. The van der Waals surface area contributed by atoms with E-state index in [4.69, 9.17) is 5.73 Å². The van der Waals surface area contributed by atoms with Crippen LogP contribution >= 0.6 is 0 Å². The third kappa shape index (κ3) is 3.21. The van der Waals surface area contributed by atoms with Gasteiger partial charge in [0.25, 0.3) is 5.91 Å². The largest absolute Gasteiger partial charge is 0.338 e. The summed E-state index contributed by atoms with van der Waals surface area (Å²) >= 11 is 0. The summed E-state index contributed by atoms with van der Waals surface area (Å²) in [5.41, 5.74) is 10.6. The first-order valence-corrected chi connectivity index (χ1v) is 10.7. The third-order valence-corrected chi connectivity index (χ3v) is 6.61. The van der Waals surface area contributed by atoms with Gasteiger partial charge in [-0.05, 0) is 37.0 Å². The predicted octanol–water partition coefficient (Wildman–Crippen LogP) is 2.20. The van der Waals surface area contributed by atoms with Gasteiger partial charge in [-0.1, -0.05) is 36.4 Å². The van der Waals surface area contributed by atoms with Gasteiger partial charge in [0.05, 0.1) is 17.8 Å². The first kappa shape index (κ1) is 19.0. The van der Waals surface area contributed by atoms with Crippen LogP contribution in [0.4, 0.5) is 0 Å². The standard InChI is InChI=1S/C24H26N4O2/c25-24(10-3-11-24)23(30)28-14-12-27(13-15-28)22(29)18-8-6-17(7-9-18)21-20-5-2-1-4-19(20)16-26-21/h1-2,4-9H,3,10-16,25H2. The molecule has 0 spiro atoms. The van der Waals surface area contributed by atoms with Gasteiger partial charge < -0.3 is 15.5 Å². The van der Waals surface area contributed by atoms with Gasteiger partial charge in [0.15, 0.2) is 0 Å². The van der Waals surface area contributed by atoms with Crippen molar-refractivity contribution in [2.75, 3.05) is 26.2 Å². The fourth-order valence-corrected chi connectivity index (χ4v) is 4.54. The fourth-order valence-electron chi connectivity index (χ4n) is 4.54. The lowest BCUT2D eigenvalue weighted by Crippen LogP contribution is -2.62. The molecule has 2 N–H and O–H groups in total. The van der Waals surface area contributed by atoms with Crippen molar-refractivity contribution in [1.29, 1.82) is 0 Å². The molecule has 2 aliphatic heterocycles. The average Bonchev–Trinajstić information content (AvgIpc) is 3.21. The van der Waals surface area contributed by atoms with Gasteiger partial charge in [-0.3, -0.25) is 14.6 Å². The van der Waals surface area contributed by atoms with E-state index in [-0.39, 0.29) is 11.8 Å². The maximum absolute atomic E-state index is 12.9. The SMILES string of the molecule is NC1(C(=O)N2CCN(C(=O)c3ccc(C4=NCc5ccccc54)cc3)CC2)CCC1. The fraction of sp³-hybridized carbons (Fsp3) is 0.375. The van der Waals surface area contributed by atoms with Crippen LogP contribution < -0.4 is 5.73 Å². The van der Waals surface area contributed by atoms with Crippen LogP contribution in [-0.4, -0.2) is 59.0 Å². The molecule has 3 aliphatic rings. The summed E-state index contributed by atoms with van der Waals surface area (Å²) in [6.07, 6.45) is 2.56. The van der Waals surface area contributed by atoms with Crippen LogP contribution in [0, 0.1) is 0 Å². The van der Waals surface area contributed by atoms with E-state index in [0.29, 0.717) is 38.3 Å². The van der Waals surface area contributed by atoms with Crippen LogP contribution in [0.2, 0.25) is 0 Å². The van der Waals surface area contributed by atoms with Crippen molar-refractivity contribution >= 4 is 17.5 Å². The Hall–Kier alpha value is -2.99. The second-order valence-corrected chi connectivity index (χ2v) is 8.49. The number of carbonyl (C=O) groups excluding carboxylic acids is 2. The van der Waals surface area contributed by atoms with Gasteiger partial charge in [-0.2, -0.15) is 0 Å². The van der Waals surface area contributed by atoms with E-state index in [2.05, 4.69) is 17.1 Å². The Morgan fingerprint density at radius 1 is 0.900 bits per heavy atom. The summed E-state index contributed by atoms with van der Waals surface area (Å²) in [6, 6.07) is 16.0. The molecule has 0 atom stereocenters. The van der Waals surface area contributed by atoms with Gasteiger partial charge in [0.1, 0.15) is 0 Å². The topological polar surface area (TPSA) is 79.0 Å². The molecule has 6 nitrogen and oxygen atoms in total. The number of rotatable bonds is 3.